The van der Waals surface area contributed by atoms with Crippen molar-refractivity contribution in [2.45, 2.75) is 24.6 Å². The molecular formula is C17H16N2O4S2. The third-order valence-corrected chi connectivity index (χ3v) is 6.19. The first-order chi connectivity index (χ1) is 11.8. The van der Waals surface area contributed by atoms with Gasteiger partial charge in [0.25, 0.3) is 0 Å². The zero-order valence-corrected chi connectivity index (χ0v) is 15.3. The first-order valence-corrected chi connectivity index (χ1v) is 9.72. The van der Waals surface area contributed by atoms with Gasteiger partial charge in [0.1, 0.15) is 5.52 Å². The average Bonchev–Trinajstić information content (AvgIpc) is 3.03. The molecule has 3 rings (SSSR count). The Morgan fingerprint density at radius 3 is 2.76 bits per heavy atom. The van der Waals surface area contributed by atoms with Gasteiger partial charge in [0.05, 0.1) is 6.54 Å². The fourth-order valence-corrected chi connectivity index (χ4v) is 4.44. The molecule has 1 N–H and O–H groups in total. The van der Waals surface area contributed by atoms with E-state index in [4.69, 9.17) is 4.18 Å². The van der Waals surface area contributed by atoms with Gasteiger partial charge in [-0.3, -0.25) is 4.79 Å². The smallest absolute Gasteiger partial charge is 0.348 e. The van der Waals surface area contributed by atoms with Crippen LogP contribution in [0, 0.1) is 6.92 Å². The fraction of sp³-hybridized carbons (Fsp3) is 0.176. The lowest BCUT2D eigenvalue weighted by Crippen LogP contribution is -2.18. The Morgan fingerprint density at radius 1 is 1.20 bits per heavy atom. The number of hydrogen-bond donors (Lipinski definition) is 1. The van der Waals surface area contributed by atoms with Gasteiger partial charge in [-0.1, -0.05) is 18.2 Å². The number of pyridine rings is 1. The van der Waals surface area contributed by atoms with E-state index in [9.17, 15) is 13.2 Å². The summed E-state index contributed by atoms with van der Waals surface area (Å²) < 4.78 is 30.5. The summed E-state index contributed by atoms with van der Waals surface area (Å²) in [5.41, 5.74) is 1.27. The van der Waals surface area contributed by atoms with Crippen molar-refractivity contribution < 1.29 is 17.4 Å². The van der Waals surface area contributed by atoms with E-state index >= 15 is 0 Å². The molecule has 2 aromatic heterocycles. The molecule has 3 aromatic rings. The largest absolute Gasteiger partial charge is 0.376 e. The van der Waals surface area contributed by atoms with Crippen LogP contribution in [0.2, 0.25) is 0 Å². The molecular weight excluding hydrogens is 360 g/mol. The van der Waals surface area contributed by atoms with Gasteiger partial charge in [-0.05, 0) is 31.2 Å². The molecule has 0 saturated heterocycles. The summed E-state index contributed by atoms with van der Waals surface area (Å²) in [6, 6.07) is 12.0. The minimum absolute atomic E-state index is 0.0810. The number of para-hydroxylation sites is 1. The summed E-state index contributed by atoms with van der Waals surface area (Å²) in [6.45, 7) is 3.52. The lowest BCUT2D eigenvalue weighted by molar-refractivity contribution is -0.119. The van der Waals surface area contributed by atoms with Crippen molar-refractivity contribution in [3.8, 4) is 5.75 Å². The van der Waals surface area contributed by atoms with E-state index in [1.165, 1.54) is 13.0 Å². The SMILES string of the molecule is CC(=O)NCc1ccc(S(=O)(=O)Oc2cccc3ccc(C)nc23)s1. The number of nitrogens with zero attached hydrogens (tertiary/aromatic N) is 1. The first-order valence-electron chi connectivity index (χ1n) is 7.49. The minimum Gasteiger partial charge on any atom is -0.376 e. The lowest BCUT2D eigenvalue weighted by atomic mass is 10.2. The molecule has 0 saturated carbocycles. The standard InChI is InChI=1S/C17H16N2O4S2/c1-11-6-7-13-4-3-5-15(17(13)19-11)23-25(21,22)16-9-8-14(24-16)10-18-12(2)20/h3-9H,10H2,1-2H3,(H,18,20). The van der Waals surface area contributed by atoms with Crippen LogP contribution in [0.3, 0.4) is 0 Å². The van der Waals surface area contributed by atoms with Gasteiger partial charge in [-0.25, -0.2) is 4.98 Å². The van der Waals surface area contributed by atoms with Crippen molar-refractivity contribution in [3.05, 3.63) is 53.0 Å². The second kappa shape index (κ2) is 6.81. The zero-order chi connectivity index (χ0) is 18.0. The lowest BCUT2D eigenvalue weighted by Gasteiger charge is -2.08. The predicted octanol–water partition coefficient (Wildman–Crippen LogP) is 3.01. The van der Waals surface area contributed by atoms with Gasteiger partial charge in [-0.15, -0.1) is 11.3 Å². The van der Waals surface area contributed by atoms with Crippen molar-refractivity contribution >= 4 is 38.3 Å². The molecule has 0 aliphatic heterocycles. The van der Waals surface area contributed by atoms with Crippen LogP contribution in [0.5, 0.6) is 5.75 Å². The molecule has 6 nitrogen and oxygen atoms in total. The highest BCUT2D eigenvalue weighted by molar-refractivity contribution is 7.89. The topological polar surface area (TPSA) is 85.4 Å². The Balaban J connectivity index is 1.89. The third kappa shape index (κ3) is 3.97. The molecule has 0 unspecified atom stereocenters. The maximum absolute atomic E-state index is 12.6. The Labute approximate surface area is 149 Å². The molecule has 0 spiro atoms. The Hall–Kier alpha value is -2.45. The van der Waals surface area contributed by atoms with E-state index in [1.807, 2.05) is 25.1 Å². The number of carbonyl (C=O) groups excluding carboxylic acids is 1. The molecule has 130 valence electrons. The van der Waals surface area contributed by atoms with E-state index in [0.29, 0.717) is 5.52 Å². The van der Waals surface area contributed by atoms with Crippen LogP contribution in [0.25, 0.3) is 10.9 Å². The van der Waals surface area contributed by atoms with Crippen LogP contribution in [0.4, 0.5) is 0 Å². The predicted molar refractivity (Wildman–Crippen MR) is 96.1 cm³/mol. The minimum atomic E-state index is -3.97. The summed E-state index contributed by atoms with van der Waals surface area (Å²) in [4.78, 5) is 16.1. The monoisotopic (exact) mass is 376 g/mol. The Morgan fingerprint density at radius 2 is 2.00 bits per heavy atom. The van der Waals surface area contributed by atoms with Gasteiger partial charge in [-0.2, -0.15) is 8.42 Å². The molecule has 0 aliphatic carbocycles. The number of benzene rings is 1. The van der Waals surface area contributed by atoms with Gasteiger partial charge < -0.3 is 9.50 Å². The highest BCUT2D eigenvalue weighted by Gasteiger charge is 2.21. The van der Waals surface area contributed by atoms with Crippen molar-refractivity contribution in [3.63, 3.8) is 0 Å². The maximum Gasteiger partial charge on any atom is 0.348 e. The molecule has 1 amide bonds. The van der Waals surface area contributed by atoms with E-state index in [-0.39, 0.29) is 22.4 Å². The number of aromatic nitrogens is 1. The van der Waals surface area contributed by atoms with E-state index in [1.54, 1.807) is 18.2 Å². The van der Waals surface area contributed by atoms with Crippen LogP contribution < -0.4 is 9.50 Å². The molecule has 25 heavy (non-hydrogen) atoms. The molecule has 0 aliphatic rings. The molecule has 8 heteroatoms. The number of hydrogen-bond acceptors (Lipinski definition) is 6. The van der Waals surface area contributed by atoms with E-state index in [0.717, 1.165) is 27.3 Å². The Kier molecular flexibility index (Phi) is 4.73. The third-order valence-electron chi connectivity index (χ3n) is 3.42. The van der Waals surface area contributed by atoms with Crippen LogP contribution in [-0.2, 0) is 21.5 Å². The van der Waals surface area contributed by atoms with Gasteiger partial charge in [0.15, 0.2) is 9.96 Å². The number of aryl methyl sites for hydroxylation is 1. The molecule has 0 radical (unpaired) electrons. The Bertz CT molecular complexity index is 1040. The summed E-state index contributed by atoms with van der Waals surface area (Å²) in [7, 11) is -3.97. The molecule has 1 aromatic carbocycles. The van der Waals surface area contributed by atoms with Gasteiger partial charge >= 0.3 is 10.1 Å². The van der Waals surface area contributed by atoms with Crippen LogP contribution in [0.15, 0.2) is 46.7 Å². The fourth-order valence-electron chi connectivity index (χ4n) is 2.24. The second-order valence-corrected chi connectivity index (χ2v) is 8.39. The summed E-state index contributed by atoms with van der Waals surface area (Å²) in [6.07, 6.45) is 0. The number of thiophene rings is 1. The average molecular weight is 376 g/mol. The normalized spacial score (nSPS) is 11.4. The highest BCUT2D eigenvalue weighted by atomic mass is 32.3. The maximum atomic E-state index is 12.6. The van der Waals surface area contributed by atoms with Crippen molar-refractivity contribution in [2.75, 3.05) is 0 Å². The molecule has 2 heterocycles. The van der Waals surface area contributed by atoms with Gasteiger partial charge in [0.2, 0.25) is 5.91 Å². The first kappa shape index (κ1) is 17.4. The van der Waals surface area contributed by atoms with E-state index in [2.05, 4.69) is 10.3 Å². The second-order valence-electron chi connectivity index (χ2n) is 5.45. The van der Waals surface area contributed by atoms with Crippen LogP contribution in [0.1, 0.15) is 17.5 Å². The summed E-state index contributed by atoms with van der Waals surface area (Å²) in [5, 5.41) is 3.43. The van der Waals surface area contributed by atoms with Crippen molar-refractivity contribution in [2.24, 2.45) is 0 Å². The van der Waals surface area contributed by atoms with Gasteiger partial charge in [0, 0.05) is 22.9 Å². The number of fused-ring (bicyclic) bond motifs is 1. The summed E-state index contributed by atoms with van der Waals surface area (Å²) >= 11 is 1.06. The zero-order valence-electron chi connectivity index (χ0n) is 13.6. The molecule has 0 fully saturated rings. The van der Waals surface area contributed by atoms with Crippen molar-refractivity contribution in [1.82, 2.24) is 10.3 Å². The van der Waals surface area contributed by atoms with Crippen LogP contribution in [-0.4, -0.2) is 19.3 Å². The number of rotatable bonds is 5. The van der Waals surface area contributed by atoms with Crippen molar-refractivity contribution in [1.29, 1.82) is 0 Å². The number of nitrogens with one attached hydrogen (secondary N) is 1. The molecule has 0 bridgehead atoms. The number of carbonyl (C=O) groups is 1. The molecule has 0 atom stereocenters. The quantitative estimate of drug-likeness (QED) is 0.692. The number of amides is 1. The van der Waals surface area contributed by atoms with Crippen LogP contribution >= 0.6 is 11.3 Å². The highest BCUT2D eigenvalue weighted by Crippen LogP contribution is 2.29. The summed E-state index contributed by atoms with van der Waals surface area (Å²) in [5.74, 6) is 0.0178. The van der Waals surface area contributed by atoms with E-state index < -0.39 is 10.1 Å².